The summed E-state index contributed by atoms with van der Waals surface area (Å²) in [5.41, 5.74) is 1.05. The van der Waals surface area contributed by atoms with Gasteiger partial charge >= 0.3 is 0 Å². The highest BCUT2D eigenvalue weighted by molar-refractivity contribution is 7.99. The maximum Gasteiger partial charge on any atom is 0.284 e. The lowest BCUT2D eigenvalue weighted by Gasteiger charge is -2.21. The zero-order valence-electron chi connectivity index (χ0n) is 14.9. The number of furan rings is 2. The van der Waals surface area contributed by atoms with Crippen molar-refractivity contribution in [2.24, 2.45) is 0 Å². The molecule has 1 amide bonds. The molecule has 4 rings (SSSR count). The normalized spacial score (nSPS) is 10.9. The van der Waals surface area contributed by atoms with Gasteiger partial charge in [-0.1, -0.05) is 42.1 Å². The van der Waals surface area contributed by atoms with Crippen molar-refractivity contribution < 1.29 is 18.0 Å². The van der Waals surface area contributed by atoms with Gasteiger partial charge < -0.3 is 18.2 Å². The monoisotopic (exact) mass is 395 g/mol. The number of nitrogens with zero attached hydrogens (tertiary/aromatic N) is 3. The highest BCUT2D eigenvalue weighted by Gasteiger charge is 2.18. The summed E-state index contributed by atoms with van der Waals surface area (Å²) in [6.07, 6.45) is 3.13. The molecule has 4 aromatic rings. The molecule has 0 aliphatic heterocycles. The molecule has 1 aromatic carbocycles. The van der Waals surface area contributed by atoms with Crippen LogP contribution in [-0.2, 0) is 17.9 Å². The summed E-state index contributed by atoms with van der Waals surface area (Å²) in [5, 5.41) is 8.22. The van der Waals surface area contributed by atoms with Crippen LogP contribution in [0.5, 0.6) is 0 Å². The zero-order valence-corrected chi connectivity index (χ0v) is 15.7. The van der Waals surface area contributed by atoms with E-state index in [1.165, 1.54) is 18.0 Å². The van der Waals surface area contributed by atoms with E-state index in [2.05, 4.69) is 10.2 Å². The van der Waals surface area contributed by atoms with Gasteiger partial charge in [0.15, 0.2) is 5.76 Å². The quantitative estimate of drug-likeness (QED) is 0.412. The van der Waals surface area contributed by atoms with E-state index in [1.54, 1.807) is 23.3 Å². The van der Waals surface area contributed by atoms with Crippen LogP contribution >= 0.6 is 11.8 Å². The minimum absolute atomic E-state index is 0.0528. The van der Waals surface area contributed by atoms with Gasteiger partial charge in [0.25, 0.3) is 11.1 Å². The standard InChI is InChI=1S/C20H17N3O4S/c24-18(14-28-20-22-21-19(27-20)17-9-5-11-26-17)23(13-16-8-4-10-25-16)12-15-6-2-1-3-7-15/h1-11H,12-14H2. The SMILES string of the molecule is O=C(CSc1nnc(-c2ccco2)o1)N(Cc1ccccc1)Cc1ccco1. The summed E-state index contributed by atoms with van der Waals surface area (Å²) in [7, 11) is 0. The third kappa shape index (κ3) is 4.52. The van der Waals surface area contributed by atoms with Crippen LogP contribution < -0.4 is 0 Å². The molecule has 0 aliphatic rings. The number of carbonyl (C=O) groups excluding carboxylic acids is 1. The summed E-state index contributed by atoms with van der Waals surface area (Å²) in [4.78, 5) is 14.6. The van der Waals surface area contributed by atoms with Crippen LogP contribution in [0.4, 0.5) is 0 Å². The predicted molar refractivity (Wildman–Crippen MR) is 102 cm³/mol. The molecule has 0 radical (unpaired) electrons. The Labute approximate surface area is 165 Å². The number of carbonyl (C=O) groups is 1. The molecule has 0 fully saturated rings. The number of hydrogen-bond donors (Lipinski definition) is 0. The smallest absolute Gasteiger partial charge is 0.284 e. The zero-order chi connectivity index (χ0) is 19.2. The average molecular weight is 395 g/mol. The summed E-state index contributed by atoms with van der Waals surface area (Å²) < 4.78 is 16.2. The van der Waals surface area contributed by atoms with Gasteiger partial charge in [0.05, 0.1) is 24.8 Å². The van der Waals surface area contributed by atoms with Gasteiger partial charge in [0, 0.05) is 6.54 Å². The molecule has 3 aromatic heterocycles. The van der Waals surface area contributed by atoms with Crippen LogP contribution in [0, 0.1) is 0 Å². The molecule has 7 nitrogen and oxygen atoms in total. The van der Waals surface area contributed by atoms with Crippen LogP contribution in [0.1, 0.15) is 11.3 Å². The Bertz CT molecular complexity index is 997. The minimum atomic E-state index is -0.0528. The Morgan fingerprint density at radius 2 is 1.75 bits per heavy atom. The fourth-order valence-corrected chi connectivity index (χ4v) is 3.28. The molecule has 0 spiro atoms. The Balaban J connectivity index is 1.41. The van der Waals surface area contributed by atoms with E-state index in [0.29, 0.717) is 24.1 Å². The first-order chi connectivity index (χ1) is 13.8. The number of aromatic nitrogens is 2. The molecule has 0 N–H and O–H groups in total. The minimum Gasteiger partial charge on any atom is -0.467 e. The number of hydrogen-bond acceptors (Lipinski definition) is 7. The van der Waals surface area contributed by atoms with Crippen LogP contribution in [0.3, 0.4) is 0 Å². The number of rotatable bonds is 8. The van der Waals surface area contributed by atoms with Crippen molar-refractivity contribution in [1.29, 1.82) is 0 Å². The average Bonchev–Trinajstić information content (AvgIpc) is 3.48. The second-order valence-electron chi connectivity index (χ2n) is 5.95. The van der Waals surface area contributed by atoms with Gasteiger partial charge in [-0.2, -0.15) is 0 Å². The van der Waals surface area contributed by atoms with E-state index in [0.717, 1.165) is 11.3 Å². The van der Waals surface area contributed by atoms with Gasteiger partial charge in [-0.3, -0.25) is 4.79 Å². The van der Waals surface area contributed by atoms with Crippen molar-refractivity contribution in [2.45, 2.75) is 18.3 Å². The van der Waals surface area contributed by atoms with E-state index in [9.17, 15) is 4.79 Å². The van der Waals surface area contributed by atoms with Gasteiger partial charge in [0.1, 0.15) is 5.76 Å². The summed E-state index contributed by atoms with van der Waals surface area (Å²) in [5.74, 6) is 1.63. The summed E-state index contributed by atoms with van der Waals surface area (Å²) in [6, 6.07) is 17.0. The van der Waals surface area contributed by atoms with Crippen molar-refractivity contribution in [3.63, 3.8) is 0 Å². The molecule has 0 unspecified atom stereocenters. The highest BCUT2D eigenvalue weighted by atomic mass is 32.2. The first-order valence-electron chi connectivity index (χ1n) is 8.62. The van der Waals surface area contributed by atoms with E-state index in [-0.39, 0.29) is 17.6 Å². The lowest BCUT2D eigenvalue weighted by Crippen LogP contribution is -2.31. The maximum atomic E-state index is 12.8. The Morgan fingerprint density at radius 3 is 2.50 bits per heavy atom. The lowest BCUT2D eigenvalue weighted by atomic mass is 10.2. The van der Waals surface area contributed by atoms with Crippen molar-refractivity contribution in [3.8, 4) is 11.7 Å². The maximum absolute atomic E-state index is 12.8. The third-order valence-corrected chi connectivity index (χ3v) is 4.76. The number of benzene rings is 1. The van der Waals surface area contributed by atoms with Crippen molar-refractivity contribution in [1.82, 2.24) is 15.1 Å². The Hall–Kier alpha value is -3.26. The molecule has 3 heterocycles. The van der Waals surface area contributed by atoms with E-state index < -0.39 is 0 Å². The van der Waals surface area contributed by atoms with Crippen LogP contribution in [0.25, 0.3) is 11.7 Å². The van der Waals surface area contributed by atoms with Crippen molar-refractivity contribution in [2.75, 3.05) is 5.75 Å². The molecule has 0 aliphatic carbocycles. The second-order valence-corrected chi connectivity index (χ2v) is 6.88. The number of amides is 1. The van der Waals surface area contributed by atoms with Crippen LogP contribution in [-0.4, -0.2) is 26.8 Å². The molecule has 0 saturated heterocycles. The van der Waals surface area contributed by atoms with Crippen molar-refractivity contribution >= 4 is 17.7 Å². The van der Waals surface area contributed by atoms with Gasteiger partial charge in [-0.05, 0) is 29.8 Å². The number of thioether (sulfide) groups is 1. The van der Waals surface area contributed by atoms with E-state index in [4.69, 9.17) is 13.3 Å². The Kier molecular flexibility index (Phi) is 5.58. The summed E-state index contributed by atoms with van der Waals surface area (Å²) >= 11 is 1.19. The lowest BCUT2D eigenvalue weighted by molar-refractivity contribution is -0.129. The first kappa shape index (κ1) is 18.1. The molecule has 8 heteroatoms. The molecular weight excluding hydrogens is 378 g/mol. The first-order valence-corrected chi connectivity index (χ1v) is 9.61. The van der Waals surface area contributed by atoms with Gasteiger partial charge in [-0.25, -0.2) is 0 Å². The molecule has 0 atom stereocenters. The van der Waals surface area contributed by atoms with E-state index >= 15 is 0 Å². The molecule has 0 bridgehead atoms. The predicted octanol–water partition coefficient (Wildman–Crippen LogP) is 4.24. The fraction of sp³-hybridized carbons (Fsp3) is 0.150. The summed E-state index contributed by atoms with van der Waals surface area (Å²) in [6.45, 7) is 0.880. The van der Waals surface area contributed by atoms with Gasteiger partial charge in [0.2, 0.25) is 5.91 Å². The van der Waals surface area contributed by atoms with E-state index in [1.807, 2.05) is 42.5 Å². The molecule has 0 saturated carbocycles. The third-order valence-electron chi connectivity index (χ3n) is 3.95. The van der Waals surface area contributed by atoms with Crippen LogP contribution in [0.2, 0.25) is 0 Å². The topological polar surface area (TPSA) is 85.5 Å². The molecular formula is C20H17N3O4S. The Morgan fingerprint density at radius 1 is 0.929 bits per heavy atom. The van der Waals surface area contributed by atoms with Gasteiger partial charge in [-0.15, -0.1) is 10.2 Å². The molecule has 28 heavy (non-hydrogen) atoms. The van der Waals surface area contributed by atoms with Crippen molar-refractivity contribution in [3.05, 3.63) is 78.4 Å². The second kappa shape index (κ2) is 8.62. The highest BCUT2D eigenvalue weighted by Crippen LogP contribution is 2.24. The van der Waals surface area contributed by atoms with Crippen LogP contribution in [0.15, 0.2) is 85.6 Å². The fourth-order valence-electron chi connectivity index (χ4n) is 2.61. The largest absolute Gasteiger partial charge is 0.467 e. The molecule has 142 valence electrons.